The maximum Gasteiger partial charge on any atom is 0.260 e. The molecule has 0 saturated carbocycles. The Morgan fingerprint density at radius 3 is 2.81 bits per heavy atom. The maximum atomic E-state index is 12.4. The highest BCUT2D eigenvalue weighted by Crippen LogP contribution is 2.27. The molecule has 2 aromatic rings. The van der Waals surface area contributed by atoms with Gasteiger partial charge in [-0.3, -0.25) is 9.59 Å². The minimum absolute atomic E-state index is 0.00469. The van der Waals surface area contributed by atoms with E-state index >= 15 is 0 Å². The number of hydrogen-bond acceptors (Lipinski definition) is 4. The second-order valence-electron chi connectivity index (χ2n) is 6.14. The molecule has 26 heavy (non-hydrogen) atoms. The van der Waals surface area contributed by atoms with E-state index in [1.165, 1.54) is 12.7 Å². The number of methoxy groups -OCH3 is 1. The van der Waals surface area contributed by atoms with Gasteiger partial charge in [0.15, 0.2) is 6.61 Å². The first-order chi connectivity index (χ1) is 12.7. The Morgan fingerprint density at radius 2 is 2.04 bits per heavy atom. The van der Waals surface area contributed by atoms with Gasteiger partial charge in [0.25, 0.3) is 5.91 Å². The van der Waals surface area contributed by atoms with Crippen LogP contribution >= 0.6 is 0 Å². The van der Waals surface area contributed by atoms with Crippen molar-refractivity contribution in [3.63, 3.8) is 0 Å². The van der Waals surface area contributed by atoms with Crippen LogP contribution in [-0.2, 0) is 27.3 Å². The normalized spacial score (nSPS) is 13.6. The fourth-order valence-electron chi connectivity index (χ4n) is 2.89. The average Bonchev–Trinajstić information content (AvgIpc) is 2.80. The predicted molar refractivity (Wildman–Crippen MR) is 98.0 cm³/mol. The predicted octanol–water partition coefficient (Wildman–Crippen LogP) is 2.24. The first-order valence-corrected chi connectivity index (χ1v) is 8.52. The van der Waals surface area contributed by atoms with Crippen molar-refractivity contribution in [2.24, 2.45) is 0 Å². The molecule has 1 aliphatic rings. The van der Waals surface area contributed by atoms with Crippen molar-refractivity contribution in [3.05, 3.63) is 59.7 Å². The molecule has 0 aliphatic carbocycles. The van der Waals surface area contributed by atoms with Crippen LogP contribution in [0.2, 0.25) is 0 Å². The van der Waals surface area contributed by atoms with E-state index in [4.69, 9.17) is 9.47 Å². The minimum Gasteiger partial charge on any atom is -0.483 e. The smallest absolute Gasteiger partial charge is 0.260 e. The lowest BCUT2D eigenvalue weighted by atomic mass is 10.1. The Balaban J connectivity index is 1.71. The van der Waals surface area contributed by atoms with E-state index in [2.05, 4.69) is 17.4 Å². The van der Waals surface area contributed by atoms with Crippen molar-refractivity contribution in [2.45, 2.75) is 13.0 Å². The second kappa shape index (κ2) is 8.49. The standard InChI is InChI=1S/C20H22N2O4/c1-25-13-19(23)21-17-7-8-18-16(11-17)12-22(20(24)14-26-18)10-9-15-5-3-2-4-6-15/h2-8,11H,9-10,12-14H2,1H3,(H,21,23). The van der Waals surface area contributed by atoms with E-state index in [0.717, 1.165) is 12.0 Å². The number of nitrogens with one attached hydrogen (secondary N) is 1. The number of carbonyl (C=O) groups is 2. The molecule has 2 amide bonds. The lowest BCUT2D eigenvalue weighted by Gasteiger charge is -2.20. The molecule has 0 radical (unpaired) electrons. The van der Waals surface area contributed by atoms with Crippen molar-refractivity contribution in [1.82, 2.24) is 4.90 Å². The Morgan fingerprint density at radius 1 is 1.23 bits per heavy atom. The minimum atomic E-state index is -0.223. The van der Waals surface area contributed by atoms with Gasteiger partial charge in [0.1, 0.15) is 12.4 Å². The van der Waals surface area contributed by atoms with E-state index < -0.39 is 0 Å². The lowest BCUT2D eigenvalue weighted by Crippen LogP contribution is -2.34. The molecular weight excluding hydrogens is 332 g/mol. The molecule has 6 nitrogen and oxygen atoms in total. The van der Waals surface area contributed by atoms with Gasteiger partial charge < -0.3 is 19.7 Å². The van der Waals surface area contributed by atoms with Crippen molar-refractivity contribution >= 4 is 17.5 Å². The van der Waals surface area contributed by atoms with Gasteiger partial charge in [-0.25, -0.2) is 0 Å². The molecule has 0 atom stereocenters. The number of amides is 2. The SMILES string of the molecule is COCC(=O)Nc1ccc2c(c1)CN(CCc1ccccc1)C(=O)CO2. The molecule has 1 aliphatic heterocycles. The van der Waals surface area contributed by atoms with E-state index in [0.29, 0.717) is 24.5 Å². The molecule has 0 spiro atoms. The first-order valence-electron chi connectivity index (χ1n) is 8.52. The number of carbonyl (C=O) groups excluding carboxylic acids is 2. The van der Waals surface area contributed by atoms with Gasteiger partial charge in [-0.05, 0) is 30.2 Å². The van der Waals surface area contributed by atoms with Crippen LogP contribution in [0.4, 0.5) is 5.69 Å². The summed E-state index contributed by atoms with van der Waals surface area (Å²) in [7, 11) is 1.47. The van der Waals surface area contributed by atoms with E-state index in [-0.39, 0.29) is 25.0 Å². The third-order valence-corrected chi connectivity index (χ3v) is 4.20. The second-order valence-corrected chi connectivity index (χ2v) is 6.14. The third-order valence-electron chi connectivity index (χ3n) is 4.20. The van der Waals surface area contributed by atoms with Crippen molar-refractivity contribution in [3.8, 4) is 5.75 Å². The first kappa shape index (κ1) is 17.9. The third kappa shape index (κ3) is 4.61. The molecule has 0 aromatic heterocycles. The summed E-state index contributed by atoms with van der Waals surface area (Å²) in [5.74, 6) is 0.409. The molecule has 0 saturated heterocycles. The van der Waals surface area contributed by atoms with E-state index in [9.17, 15) is 9.59 Å². The summed E-state index contributed by atoms with van der Waals surface area (Å²) in [6.45, 7) is 1.09. The zero-order chi connectivity index (χ0) is 18.4. The zero-order valence-corrected chi connectivity index (χ0v) is 14.7. The highest BCUT2D eigenvalue weighted by molar-refractivity contribution is 5.92. The number of anilines is 1. The molecule has 0 bridgehead atoms. The largest absolute Gasteiger partial charge is 0.483 e. The molecule has 1 N–H and O–H groups in total. The van der Waals surface area contributed by atoms with Gasteiger partial charge >= 0.3 is 0 Å². The van der Waals surface area contributed by atoms with Gasteiger partial charge in [0, 0.05) is 31.5 Å². The Kier molecular flexibility index (Phi) is 5.86. The summed E-state index contributed by atoms with van der Waals surface area (Å²) in [5.41, 5.74) is 2.72. The van der Waals surface area contributed by atoms with Gasteiger partial charge in [-0.1, -0.05) is 30.3 Å². The van der Waals surface area contributed by atoms with E-state index in [1.807, 2.05) is 24.3 Å². The van der Waals surface area contributed by atoms with Crippen molar-refractivity contribution in [1.29, 1.82) is 0 Å². The van der Waals surface area contributed by atoms with Crippen LogP contribution in [0.25, 0.3) is 0 Å². The molecule has 1 heterocycles. The van der Waals surface area contributed by atoms with E-state index in [1.54, 1.807) is 17.0 Å². The Bertz CT molecular complexity index is 777. The Hall–Kier alpha value is -2.86. The van der Waals surface area contributed by atoms with Gasteiger partial charge in [0.05, 0.1) is 0 Å². The summed E-state index contributed by atoms with van der Waals surface area (Å²) in [6, 6.07) is 15.5. The zero-order valence-electron chi connectivity index (χ0n) is 14.7. The number of ether oxygens (including phenoxy) is 2. The molecule has 0 unspecified atom stereocenters. The monoisotopic (exact) mass is 354 g/mol. The number of fused-ring (bicyclic) bond motifs is 1. The summed E-state index contributed by atoms with van der Waals surface area (Å²) in [5, 5.41) is 2.77. The molecule has 6 heteroatoms. The van der Waals surface area contributed by atoms with Gasteiger partial charge in [-0.15, -0.1) is 0 Å². The van der Waals surface area contributed by atoms with Crippen molar-refractivity contribution in [2.75, 3.05) is 32.2 Å². The fourth-order valence-corrected chi connectivity index (χ4v) is 2.89. The number of rotatable bonds is 6. The number of nitrogens with zero attached hydrogens (tertiary/aromatic N) is 1. The highest BCUT2D eigenvalue weighted by Gasteiger charge is 2.21. The number of benzene rings is 2. The van der Waals surface area contributed by atoms with Crippen LogP contribution in [0.3, 0.4) is 0 Å². The molecule has 136 valence electrons. The summed E-state index contributed by atoms with van der Waals surface area (Å²) < 4.78 is 10.4. The van der Waals surface area contributed by atoms with Crippen LogP contribution in [-0.4, -0.2) is 43.6 Å². The van der Waals surface area contributed by atoms with Gasteiger partial charge in [0.2, 0.25) is 5.91 Å². The van der Waals surface area contributed by atoms with Gasteiger partial charge in [-0.2, -0.15) is 0 Å². The maximum absolute atomic E-state index is 12.4. The van der Waals surface area contributed by atoms with Crippen LogP contribution in [0.15, 0.2) is 48.5 Å². The van der Waals surface area contributed by atoms with Crippen molar-refractivity contribution < 1.29 is 19.1 Å². The summed E-state index contributed by atoms with van der Waals surface area (Å²) in [4.78, 5) is 25.9. The topological polar surface area (TPSA) is 67.9 Å². The molecule has 2 aromatic carbocycles. The van der Waals surface area contributed by atoms with Crippen LogP contribution in [0, 0.1) is 0 Å². The van der Waals surface area contributed by atoms with Crippen LogP contribution in [0.5, 0.6) is 5.75 Å². The Labute approximate surface area is 152 Å². The average molecular weight is 354 g/mol. The fraction of sp³-hybridized carbons (Fsp3) is 0.300. The lowest BCUT2D eigenvalue weighted by molar-refractivity contribution is -0.133. The quantitative estimate of drug-likeness (QED) is 0.864. The molecular formula is C20H22N2O4. The molecule has 0 fully saturated rings. The number of hydrogen-bond donors (Lipinski definition) is 1. The summed E-state index contributed by atoms with van der Waals surface area (Å²) >= 11 is 0. The highest BCUT2D eigenvalue weighted by atomic mass is 16.5. The van der Waals surface area contributed by atoms with Crippen LogP contribution < -0.4 is 10.1 Å². The molecule has 3 rings (SSSR count). The summed E-state index contributed by atoms with van der Waals surface area (Å²) in [6.07, 6.45) is 0.784. The van der Waals surface area contributed by atoms with Crippen LogP contribution in [0.1, 0.15) is 11.1 Å².